The van der Waals surface area contributed by atoms with Crippen LogP contribution in [0.3, 0.4) is 0 Å². The van der Waals surface area contributed by atoms with Crippen LogP contribution in [0.1, 0.15) is 58.8 Å². The van der Waals surface area contributed by atoms with Crippen molar-refractivity contribution in [3.05, 3.63) is 0 Å². The van der Waals surface area contributed by atoms with E-state index in [4.69, 9.17) is 4.74 Å². The molecule has 2 N–H and O–H groups in total. The molecule has 4 rings (SSSR count). The average Bonchev–Trinajstić information content (AvgIpc) is 2.93. The normalized spacial score (nSPS) is 51.8. The number of nitrogens with one attached hydrogen (secondary N) is 1. The molecule has 5 heteroatoms. The summed E-state index contributed by atoms with van der Waals surface area (Å²) < 4.78 is 5.10. The van der Waals surface area contributed by atoms with Crippen LogP contribution in [-0.2, 0) is 14.3 Å². The van der Waals surface area contributed by atoms with Gasteiger partial charge in [0.05, 0.1) is 13.0 Å². The first kappa shape index (κ1) is 17.3. The third kappa shape index (κ3) is 2.30. The predicted octanol–water partition coefficient (Wildman–Crippen LogP) is 2.27. The molecule has 140 valence electrons. The Bertz CT molecular complexity index is 592. The van der Waals surface area contributed by atoms with Crippen molar-refractivity contribution < 1.29 is 19.4 Å². The molecule has 1 heterocycles. The number of piperidine rings is 1. The average molecular weight is 349 g/mol. The van der Waals surface area contributed by atoms with Crippen LogP contribution in [0.15, 0.2) is 0 Å². The molecular formula is C20H31NO4. The van der Waals surface area contributed by atoms with Crippen molar-refractivity contribution in [1.29, 1.82) is 0 Å². The maximum absolute atomic E-state index is 12.3. The summed E-state index contributed by atoms with van der Waals surface area (Å²) >= 11 is 0. The second kappa shape index (κ2) is 5.70. The minimum Gasteiger partial charge on any atom is -0.469 e. The van der Waals surface area contributed by atoms with Crippen LogP contribution < -0.4 is 5.32 Å². The van der Waals surface area contributed by atoms with Gasteiger partial charge in [-0.1, -0.05) is 13.8 Å². The Balaban J connectivity index is 1.62. The zero-order valence-corrected chi connectivity index (χ0v) is 15.6. The Morgan fingerprint density at radius 2 is 1.84 bits per heavy atom. The largest absolute Gasteiger partial charge is 0.469 e. The lowest BCUT2D eigenvalue weighted by atomic mass is 9.47. The molecule has 4 fully saturated rings. The summed E-state index contributed by atoms with van der Waals surface area (Å²) in [5, 5.41) is 13.3. The van der Waals surface area contributed by atoms with E-state index in [1.54, 1.807) is 0 Å². The molecular weight excluding hydrogens is 318 g/mol. The highest BCUT2D eigenvalue weighted by Gasteiger charge is 2.62. The number of carbonyl (C=O) groups is 2. The molecule has 0 unspecified atom stereocenters. The molecule has 3 saturated carbocycles. The monoisotopic (exact) mass is 349 g/mol. The number of amides is 1. The second-order valence-electron chi connectivity index (χ2n) is 9.44. The van der Waals surface area contributed by atoms with Crippen LogP contribution in [0.4, 0.5) is 0 Å². The molecule has 1 saturated heterocycles. The summed E-state index contributed by atoms with van der Waals surface area (Å²) in [5.74, 6) is 1.47. The number of aliphatic hydroxyl groups excluding tert-OH is 1. The Morgan fingerprint density at radius 3 is 2.56 bits per heavy atom. The van der Waals surface area contributed by atoms with Gasteiger partial charge in [-0.25, -0.2) is 0 Å². The lowest BCUT2D eigenvalue weighted by molar-refractivity contribution is -0.160. The van der Waals surface area contributed by atoms with Gasteiger partial charge in [0, 0.05) is 6.04 Å². The van der Waals surface area contributed by atoms with Gasteiger partial charge < -0.3 is 15.2 Å². The first-order valence-electron chi connectivity index (χ1n) is 9.87. The Labute approximate surface area is 149 Å². The molecule has 3 aliphatic carbocycles. The fourth-order valence-electron chi connectivity index (χ4n) is 7.29. The number of carbonyl (C=O) groups excluding carboxylic acids is 2. The van der Waals surface area contributed by atoms with Gasteiger partial charge in [0.1, 0.15) is 6.10 Å². The van der Waals surface area contributed by atoms with Gasteiger partial charge in [-0.15, -0.1) is 0 Å². The van der Waals surface area contributed by atoms with Gasteiger partial charge in [-0.05, 0) is 73.5 Å². The van der Waals surface area contributed by atoms with Gasteiger partial charge >= 0.3 is 5.97 Å². The SMILES string of the molecule is COC(=O)[C@H]1CC[C@H]2[C@@H]3CC[C@H]4NC(=O)[C@@H](O)C[C@]4(C)[C@H]3CC[C@]12C. The van der Waals surface area contributed by atoms with E-state index in [0.717, 1.165) is 38.5 Å². The quantitative estimate of drug-likeness (QED) is 0.712. The van der Waals surface area contributed by atoms with E-state index >= 15 is 0 Å². The summed E-state index contributed by atoms with van der Waals surface area (Å²) in [5.41, 5.74) is 0.0227. The Morgan fingerprint density at radius 1 is 1.12 bits per heavy atom. The van der Waals surface area contributed by atoms with Gasteiger partial charge in [0.2, 0.25) is 5.91 Å². The van der Waals surface area contributed by atoms with E-state index in [1.165, 1.54) is 7.11 Å². The summed E-state index contributed by atoms with van der Waals surface area (Å²) in [6.07, 6.45) is 5.99. The zero-order chi connectivity index (χ0) is 18.0. The van der Waals surface area contributed by atoms with E-state index < -0.39 is 6.10 Å². The van der Waals surface area contributed by atoms with Crippen LogP contribution in [-0.4, -0.2) is 36.2 Å². The van der Waals surface area contributed by atoms with Crippen molar-refractivity contribution in [2.24, 2.45) is 34.5 Å². The number of fused-ring (bicyclic) bond motifs is 5. The fourth-order valence-corrected chi connectivity index (χ4v) is 7.29. The van der Waals surface area contributed by atoms with Crippen molar-refractivity contribution in [2.75, 3.05) is 7.11 Å². The van der Waals surface area contributed by atoms with Crippen molar-refractivity contribution in [2.45, 2.75) is 70.9 Å². The van der Waals surface area contributed by atoms with Gasteiger partial charge in [0.15, 0.2) is 0 Å². The minimum atomic E-state index is -0.875. The molecule has 0 aromatic rings. The smallest absolute Gasteiger partial charge is 0.309 e. The van der Waals surface area contributed by atoms with Gasteiger partial charge in [-0.3, -0.25) is 9.59 Å². The third-order valence-electron chi connectivity index (χ3n) is 8.61. The van der Waals surface area contributed by atoms with Crippen molar-refractivity contribution >= 4 is 11.9 Å². The van der Waals surface area contributed by atoms with Crippen molar-refractivity contribution in [3.63, 3.8) is 0 Å². The molecule has 0 aromatic carbocycles. The Hall–Kier alpha value is -1.10. The number of hydrogen-bond acceptors (Lipinski definition) is 4. The molecule has 0 bridgehead atoms. The topological polar surface area (TPSA) is 75.6 Å². The van der Waals surface area contributed by atoms with E-state index in [-0.39, 0.29) is 34.7 Å². The second-order valence-corrected chi connectivity index (χ2v) is 9.44. The lowest BCUT2D eigenvalue weighted by Crippen LogP contribution is -2.64. The summed E-state index contributed by atoms with van der Waals surface area (Å²) in [7, 11) is 1.50. The van der Waals surface area contributed by atoms with Crippen molar-refractivity contribution in [1.82, 2.24) is 5.32 Å². The third-order valence-corrected chi connectivity index (χ3v) is 8.61. The predicted molar refractivity (Wildman–Crippen MR) is 92.4 cm³/mol. The van der Waals surface area contributed by atoms with E-state index in [1.807, 2.05) is 0 Å². The summed E-state index contributed by atoms with van der Waals surface area (Å²) in [4.78, 5) is 24.2. The minimum absolute atomic E-state index is 0.0269. The number of esters is 1. The number of aliphatic hydroxyl groups is 1. The molecule has 0 radical (unpaired) electrons. The number of rotatable bonds is 1. The lowest BCUT2D eigenvalue weighted by Gasteiger charge is -2.60. The van der Waals surface area contributed by atoms with Crippen LogP contribution in [0.5, 0.6) is 0 Å². The highest BCUT2D eigenvalue weighted by Crippen LogP contribution is 2.65. The molecule has 4 aliphatic rings. The zero-order valence-electron chi connectivity index (χ0n) is 15.6. The molecule has 1 aliphatic heterocycles. The molecule has 0 aromatic heterocycles. The van der Waals surface area contributed by atoms with Crippen molar-refractivity contribution in [3.8, 4) is 0 Å². The molecule has 8 atom stereocenters. The summed E-state index contributed by atoms with van der Waals surface area (Å²) in [6, 6.07) is 0.187. The highest BCUT2D eigenvalue weighted by atomic mass is 16.5. The van der Waals surface area contributed by atoms with E-state index in [9.17, 15) is 14.7 Å². The van der Waals surface area contributed by atoms with Crippen LogP contribution >= 0.6 is 0 Å². The highest BCUT2D eigenvalue weighted by molar-refractivity contribution is 5.82. The maximum Gasteiger partial charge on any atom is 0.309 e. The van der Waals surface area contributed by atoms with Gasteiger partial charge in [0.25, 0.3) is 0 Å². The van der Waals surface area contributed by atoms with E-state index in [0.29, 0.717) is 24.2 Å². The first-order chi connectivity index (χ1) is 11.8. The molecule has 1 amide bonds. The molecule has 5 nitrogen and oxygen atoms in total. The molecule has 0 spiro atoms. The molecule has 25 heavy (non-hydrogen) atoms. The fraction of sp³-hybridized carbons (Fsp3) is 0.900. The summed E-state index contributed by atoms with van der Waals surface area (Å²) in [6.45, 7) is 4.57. The van der Waals surface area contributed by atoms with Gasteiger partial charge in [-0.2, -0.15) is 0 Å². The standard InChI is InChI=1S/C20H31NO4/c1-19-9-8-13-11(12(19)5-6-14(19)18(24)25-3)4-7-16-20(13,2)10-15(22)17(23)21-16/h11-16,22H,4-10H2,1-3H3,(H,21,23)/t11-,12-,13-,14+,15-,16+,19-,20+/m0/s1. The van der Waals surface area contributed by atoms with E-state index in [2.05, 4.69) is 19.2 Å². The van der Waals surface area contributed by atoms with Crippen LogP contribution in [0.2, 0.25) is 0 Å². The Kier molecular flexibility index (Phi) is 3.95. The first-order valence-corrected chi connectivity index (χ1v) is 9.87. The maximum atomic E-state index is 12.3. The number of methoxy groups -OCH3 is 1. The van der Waals surface area contributed by atoms with Crippen LogP contribution in [0, 0.1) is 34.5 Å². The number of ether oxygens (including phenoxy) is 1. The number of hydrogen-bond donors (Lipinski definition) is 2. The van der Waals surface area contributed by atoms with Crippen LogP contribution in [0.25, 0.3) is 0 Å².